The smallest absolute Gasteiger partial charge is 0.208 e. The highest BCUT2D eigenvalue weighted by atomic mass is 16.3. The first-order valence-electron chi connectivity index (χ1n) is 4.26. The fourth-order valence-corrected chi connectivity index (χ4v) is 1.23. The quantitative estimate of drug-likeness (QED) is 0.753. The third-order valence-corrected chi connectivity index (χ3v) is 1.83. The van der Waals surface area contributed by atoms with Crippen LogP contribution in [-0.2, 0) is 13.6 Å². The van der Waals surface area contributed by atoms with Gasteiger partial charge in [0.05, 0.1) is 25.4 Å². The summed E-state index contributed by atoms with van der Waals surface area (Å²) < 4.78 is 5.29. The molecule has 0 aliphatic heterocycles. The van der Waals surface area contributed by atoms with E-state index in [9.17, 15) is 0 Å². The van der Waals surface area contributed by atoms with Crippen molar-refractivity contribution in [3.63, 3.8) is 0 Å². The van der Waals surface area contributed by atoms with Crippen molar-refractivity contribution in [2.24, 2.45) is 7.05 Å². The maximum atomic E-state index is 5.29. The first-order chi connectivity index (χ1) is 6.81. The second-order valence-corrected chi connectivity index (χ2v) is 2.89. The second kappa shape index (κ2) is 3.59. The molecule has 1 N–H and O–H groups in total. The zero-order valence-electron chi connectivity index (χ0n) is 8.06. The Labute approximate surface area is 80.9 Å². The fraction of sp³-hybridized carbons (Fsp3) is 0.375. The van der Waals surface area contributed by atoms with Crippen molar-refractivity contribution in [1.82, 2.24) is 25.5 Å². The van der Waals surface area contributed by atoms with E-state index >= 15 is 0 Å². The van der Waals surface area contributed by atoms with Crippen LogP contribution in [0.4, 0.5) is 0 Å². The number of tetrazole rings is 1. The van der Waals surface area contributed by atoms with Crippen LogP contribution in [0.25, 0.3) is 11.4 Å². The van der Waals surface area contributed by atoms with Crippen molar-refractivity contribution in [2.45, 2.75) is 6.54 Å². The zero-order chi connectivity index (χ0) is 9.97. The molecule has 0 unspecified atom stereocenters. The Balaban J connectivity index is 2.36. The summed E-state index contributed by atoms with van der Waals surface area (Å²) in [6, 6.07) is 1.84. The molecule has 0 radical (unpaired) electrons. The number of furan rings is 1. The Bertz CT molecular complexity index is 419. The highest BCUT2D eigenvalue weighted by molar-refractivity contribution is 5.56. The van der Waals surface area contributed by atoms with Gasteiger partial charge in [-0.15, -0.1) is 10.2 Å². The molecule has 0 bridgehead atoms. The molecule has 6 heteroatoms. The number of hydrogen-bond donors (Lipinski definition) is 1. The minimum Gasteiger partial charge on any atom is -0.467 e. The minimum atomic E-state index is 0.589. The molecule has 0 aliphatic rings. The maximum Gasteiger partial charge on any atom is 0.208 e. The predicted molar refractivity (Wildman–Crippen MR) is 49.3 cm³/mol. The first kappa shape index (κ1) is 8.89. The molecule has 0 aromatic carbocycles. The first-order valence-corrected chi connectivity index (χ1v) is 4.26. The lowest BCUT2D eigenvalue weighted by Gasteiger charge is -1.96. The lowest BCUT2D eigenvalue weighted by atomic mass is 10.2. The average molecular weight is 193 g/mol. The van der Waals surface area contributed by atoms with Crippen LogP contribution in [0.3, 0.4) is 0 Å². The largest absolute Gasteiger partial charge is 0.467 e. The van der Waals surface area contributed by atoms with Crippen LogP contribution >= 0.6 is 0 Å². The summed E-state index contributed by atoms with van der Waals surface area (Å²) in [7, 11) is 3.59. The zero-order valence-corrected chi connectivity index (χ0v) is 8.06. The maximum absolute atomic E-state index is 5.29. The highest BCUT2D eigenvalue weighted by Gasteiger charge is 2.12. The molecule has 14 heavy (non-hydrogen) atoms. The van der Waals surface area contributed by atoms with Crippen molar-refractivity contribution < 1.29 is 4.42 Å². The van der Waals surface area contributed by atoms with E-state index in [0.717, 1.165) is 11.3 Å². The van der Waals surface area contributed by atoms with Gasteiger partial charge in [-0.3, -0.25) is 0 Å². The van der Waals surface area contributed by atoms with Gasteiger partial charge in [0, 0.05) is 0 Å². The average Bonchev–Trinajstić information content (AvgIpc) is 2.74. The summed E-state index contributed by atoms with van der Waals surface area (Å²) in [6.45, 7) is 0.653. The number of nitrogens with zero attached hydrogens (tertiary/aromatic N) is 4. The molecule has 2 heterocycles. The van der Waals surface area contributed by atoms with Gasteiger partial charge in [0.25, 0.3) is 0 Å². The Hall–Kier alpha value is -1.69. The van der Waals surface area contributed by atoms with Crippen LogP contribution in [0.15, 0.2) is 16.7 Å². The summed E-state index contributed by atoms with van der Waals surface area (Å²) in [5.74, 6) is 1.41. The van der Waals surface area contributed by atoms with E-state index in [-0.39, 0.29) is 0 Å². The fourth-order valence-electron chi connectivity index (χ4n) is 1.23. The molecule has 0 atom stereocenters. The van der Waals surface area contributed by atoms with Crippen LogP contribution in [-0.4, -0.2) is 27.3 Å². The van der Waals surface area contributed by atoms with E-state index in [0.29, 0.717) is 12.4 Å². The van der Waals surface area contributed by atoms with Crippen LogP contribution in [0, 0.1) is 0 Å². The molecular weight excluding hydrogens is 182 g/mol. The summed E-state index contributed by atoms with van der Waals surface area (Å²) in [4.78, 5) is 1.42. The van der Waals surface area contributed by atoms with Crippen LogP contribution in [0.1, 0.15) is 5.76 Å². The summed E-state index contributed by atoms with van der Waals surface area (Å²) in [5, 5.41) is 14.8. The normalized spacial score (nSPS) is 10.7. The molecule has 0 fully saturated rings. The highest BCUT2D eigenvalue weighted by Crippen LogP contribution is 2.20. The summed E-state index contributed by atoms with van der Waals surface area (Å²) >= 11 is 0. The molecule has 0 saturated carbocycles. The summed E-state index contributed by atoms with van der Waals surface area (Å²) in [5.41, 5.74) is 0.882. The number of hydrogen-bond acceptors (Lipinski definition) is 5. The van der Waals surface area contributed by atoms with Crippen molar-refractivity contribution >= 4 is 0 Å². The molecule has 6 nitrogen and oxygen atoms in total. The van der Waals surface area contributed by atoms with Crippen molar-refractivity contribution in [1.29, 1.82) is 0 Å². The van der Waals surface area contributed by atoms with Crippen molar-refractivity contribution in [3.8, 4) is 11.4 Å². The van der Waals surface area contributed by atoms with Crippen molar-refractivity contribution in [2.75, 3.05) is 7.05 Å². The molecule has 0 saturated heterocycles. The standard InChI is InChI=1S/C8H11N5O/c1-9-5-7-6(3-4-14-7)8-10-12-13(2)11-8/h3-4,9H,5H2,1-2H3. The molecule has 2 rings (SSSR count). The molecular formula is C8H11N5O. The van der Waals surface area contributed by atoms with E-state index in [1.54, 1.807) is 13.3 Å². The molecule has 2 aromatic heterocycles. The molecule has 74 valence electrons. The molecule has 0 spiro atoms. The van der Waals surface area contributed by atoms with Gasteiger partial charge in [0.15, 0.2) is 0 Å². The van der Waals surface area contributed by atoms with E-state index in [1.807, 2.05) is 13.1 Å². The van der Waals surface area contributed by atoms with Crippen molar-refractivity contribution in [3.05, 3.63) is 18.1 Å². The third-order valence-electron chi connectivity index (χ3n) is 1.83. The lowest BCUT2D eigenvalue weighted by Crippen LogP contribution is -2.05. The topological polar surface area (TPSA) is 68.8 Å². The Morgan fingerprint density at radius 2 is 2.43 bits per heavy atom. The number of nitrogens with one attached hydrogen (secondary N) is 1. The molecule has 2 aromatic rings. The lowest BCUT2D eigenvalue weighted by molar-refractivity contribution is 0.496. The second-order valence-electron chi connectivity index (χ2n) is 2.89. The van der Waals surface area contributed by atoms with E-state index in [4.69, 9.17) is 4.42 Å². The van der Waals surface area contributed by atoms with E-state index < -0.39 is 0 Å². The van der Waals surface area contributed by atoms with Crippen LogP contribution in [0.2, 0.25) is 0 Å². The van der Waals surface area contributed by atoms with Gasteiger partial charge in [-0.2, -0.15) is 4.80 Å². The van der Waals surface area contributed by atoms with E-state index in [1.165, 1.54) is 4.80 Å². The van der Waals surface area contributed by atoms with Gasteiger partial charge in [0.2, 0.25) is 5.82 Å². The Morgan fingerprint density at radius 1 is 1.57 bits per heavy atom. The number of aryl methyl sites for hydroxylation is 1. The minimum absolute atomic E-state index is 0.589. The van der Waals surface area contributed by atoms with E-state index in [2.05, 4.69) is 20.7 Å². The van der Waals surface area contributed by atoms with Crippen LogP contribution in [0.5, 0.6) is 0 Å². The Morgan fingerprint density at radius 3 is 3.07 bits per heavy atom. The van der Waals surface area contributed by atoms with Gasteiger partial charge in [-0.25, -0.2) is 0 Å². The molecule has 0 amide bonds. The monoisotopic (exact) mass is 193 g/mol. The Kier molecular flexibility index (Phi) is 2.28. The van der Waals surface area contributed by atoms with Gasteiger partial charge in [-0.1, -0.05) is 0 Å². The summed E-state index contributed by atoms with van der Waals surface area (Å²) in [6.07, 6.45) is 1.62. The predicted octanol–water partition coefficient (Wildman–Crippen LogP) is 0.190. The molecule has 0 aliphatic carbocycles. The van der Waals surface area contributed by atoms with Gasteiger partial charge >= 0.3 is 0 Å². The third kappa shape index (κ3) is 1.51. The van der Waals surface area contributed by atoms with Gasteiger partial charge < -0.3 is 9.73 Å². The van der Waals surface area contributed by atoms with Gasteiger partial charge in [-0.05, 0) is 18.3 Å². The number of rotatable bonds is 3. The SMILES string of the molecule is CNCc1occc1-c1nnn(C)n1. The van der Waals surface area contributed by atoms with Crippen LogP contribution < -0.4 is 5.32 Å². The van der Waals surface area contributed by atoms with Gasteiger partial charge in [0.1, 0.15) is 5.76 Å². The number of aromatic nitrogens is 4.